The Hall–Kier alpha value is -3.66. The second-order valence-corrected chi connectivity index (χ2v) is 6.19. The van der Waals surface area contributed by atoms with Gasteiger partial charge in [-0.1, -0.05) is 60.7 Å². The van der Waals surface area contributed by atoms with Crippen molar-refractivity contribution in [1.29, 1.82) is 0 Å². The Morgan fingerprint density at radius 2 is 1.32 bits per heavy atom. The van der Waals surface area contributed by atoms with Crippen molar-refractivity contribution in [3.8, 4) is 0 Å². The van der Waals surface area contributed by atoms with E-state index in [1.54, 1.807) is 36.4 Å². The fourth-order valence-corrected chi connectivity index (χ4v) is 2.61. The quantitative estimate of drug-likeness (QED) is 0.492. The van der Waals surface area contributed by atoms with E-state index in [1.807, 2.05) is 0 Å². The number of halogens is 3. The fraction of sp³-hybridized carbons (Fsp3) is 0.190. The summed E-state index contributed by atoms with van der Waals surface area (Å²) in [4.78, 5) is 30.8. The van der Waals surface area contributed by atoms with E-state index in [-0.39, 0.29) is 5.56 Å². The molecule has 0 saturated heterocycles. The van der Waals surface area contributed by atoms with Crippen molar-refractivity contribution < 1.29 is 37.8 Å². The number of alkyl halides is 3. The number of nitrogens with two attached hydrogens (primary N) is 1. The monoisotopic (exact) mass is 438 g/mol. The number of amides is 1. The lowest BCUT2D eigenvalue weighted by Crippen LogP contribution is -2.58. The molecular weight excluding hydrogens is 417 g/mol. The Morgan fingerprint density at radius 1 is 0.871 bits per heavy atom. The molecule has 0 saturated carbocycles. The lowest BCUT2D eigenvalue weighted by molar-refractivity contribution is -0.202. The van der Waals surface area contributed by atoms with Crippen LogP contribution in [0.1, 0.15) is 11.1 Å². The molecule has 0 aliphatic rings. The zero-order valence-electron chi connectivity index (χ0n) is 16.2. The van der Waals surface area contributed by atoms with Gasteiger partial charge >= 0.3 is 18.1 Å². The van der Waals surface area contributed by atoms with E-state index in [1.165, 1.54) is 24.3 Å². The van der Waals surface area contributed by atoms with E-state index in [4.69, 9.17) is 15.9 Å². The molecule has 0 aliphatic heterocycles. The summed E-state index contributed by atoms with van der Waals surface area (Å²) in [5.74, 6) is -3.37. The predicted octanol–water partition coefficient (Wildman–Crippen LogP) is 2.47. The molecule has 10 heteroatoms. The summed E-state index contributed by atoms with van der Waals surface area (Å²) < 4.78 is 42.0. The maximum atomic E-state index is 14.0. The molecule has 0 aliphatic carbocycles. The van der Waals surface area contributed by atoms with Crippen LogP contribution in [0.5, 0.6) is 0 Å². The van der Waals surface area contributed by atoms with Crippen LogP contribution in [0.4, 0.5) is 13.2 Å². The standard InChI is InChI=1S/C17H17F3N2O.C4H4O4/c18-17(19,20)16(22-15(23)12-21,14-9-5-2-6-10-14)11-13-7-3-1-4-8-13;5-3(6)1-2-4(7)8/h1-10H,11-12,21H2,(H,22,23);1-2H,(H,5,6)(H,7,8). The summed E-state index contributed by atoms with van der Waals surface area (Å²) in [6.07, 6.45) is -3.98. The number of carboxylic acids is 2. The summed E-state index contributed by atoms with van der Waals surface area (Å²) in [5.41, 5.74) is 3.13. The minimum Gasteiger partial charge on any atom is -0.478 e. The van der Waals surface area contributed by atoms with Crippen molar-refractivity contribution in [1.82, 2.24) is 5.32 Å². The van der Waals surface area contributed by atoms with Crippen LogP contribution >= 0.6 is 0 Å². The van der Waals surface area contributed by atoms with Gasteiger partial charge < -0.3 is 21.3 Å². The third kappa shape index (κ3) is 7.94. The number of carboxylic acid groups (broad SMARTS) is 2. The highest BCUT2D eigenvalue weighted by molar-refractivity contribution is 5.89. The van der Waals surface area contributed by atoms with E-state index < -0.39 is 42.5 Å². The van der Waals surface area contributed by atoms with Gasteiger partial charge in [-0.15, -0.1) is 0 Å². The normalized spacial score (nSPS) is 12.9. The molecule has 2 rings (SSSR count). The molecule has 2 aromatic carbocycles. The second-order valence-electron chi connectivity index (χ2n) is 6.19. The number of carbonyl (C=O) groups is 3. The molecule has 0 heterocycles. The van der Waals surface area contributed by atoms with E-state index in [0.29, 0.717) is 17.7 Å². The van der Waals surface area contributed by atoms with Crippen molar-refractivity contribution in [2.24, 2.45) is 5.73 Å². The highest BCUT2D eigenvalue weighted by Crippen LogP contribution is 2.41. The Kier molecular flexibility index (Phi) is 9.42. The number of nitrogens with one attached hydrogen (secondary N) is 1. The Balaban J connectivity index is 0.000000512. The van der Waals surface area contributed by atoms with Crippen molar-refractivity contribution in [2.75, 3.05) is 6.54 Å². The van der Waals surface area contributed by atoms with E-state index >= 15 is 0 Å². The highest BCUT2D eigenvalue weighted by Gasteiger charge is 2.56. The van der Waals surface area contributed by atoms with Crippen molar-refractivity contribution in [3.63, 3.8) is 0 Å². The molecular formula is C21H21F3N2O5. The molecule has 0 spiro atoms. The molecule has 0 aromatic heterocycles. The average Bonchev–Trinajstić information content (AvgIpc) is 2.72. The lowest BCUT2D eigenvalue weighted by atomic mass is 9.82. The maximum Gasteiger partial charge on any atom is 0.416 e. The zero-order valence-corrected chi connectivity index (χ0v) is 16.2. The predicted molar refractivity (Wildman–Crippen MR) is 106 cm³/mol. The highest BCUT2D eigenvalue weighted by atomic mass is 19.4. The SMILES string of the molecule is NCC(=O)NC(Cc1ccccc1)(c1ccccc1)C(F)(F)F.O=C(O)C=CC(=O)O. The van der Waals surface area contributed by atoms with Gasteiger partial charge in [0.1, 0.15) is 0 Å². The van der Waals surface area contributed by atoms with Gasteiger partial charge in [0.2, 0.25) is 5.91 Å². The van der Waals surface area contributed by atoms with Crippen LogP contribution in [0.25, 0.3) is 0 Å². The van der Waals surface area contributed by atoms with Crippen LogP contribution in [-0.2, 0) is 26.3 Å². The number of hydrogen-bond donors (Lipinski definition) is 4. The molecule has 0 radical (unpaired) electrons. The largest absolute Gasteiger partial charge is 0.478 e. The van der Waals surface area contributed by atoms with Gasteiger partial charge in [-0.3, -0.25) is 4.79 Å². The lowest BCUT2D eigenvalue weighted by Gasteiger charge is -2.37. The number of rotatable bonds is 7. The summed E-state index contributed by atoms with van der Waals surface area (Å²) >= 11 is 0. The van der Waals surface area contributed by atoms with Gasteiger partial charge in [0.15, 0.2) is 5.54 Å². The number of benzene rings is 2. The molecule has 5 N–H and O–H groups in total. The first-order chi connectivity index (χ1) is 14.5. The molecule has 7 nitrogen and oxygen atoms in total. The van der Waals surface area contributed by atoms with E-state index in [2.05, 4.69) is 5.32 Å². The topological polar surface area (TPSA) is 130 Å². The summed E-state index contributed by atoms with van der Waals surface area (Å²) in [6, 6.07) is 15.6. The van der Waals surface area contributed by atoms with Gasteiger partial charge in [-0.05, 0) is 11.1 Å². The van der Waals surface area contributed by atoms with Crippen LogP contribution in [-0.4, -0.2) is 40.8 Å². The first kappa shape index (κ1) is 25.4. The summed E-state index contributed by atoms with van der Waals surface area (Å²) in [6.45, 7) is -0.514. The molecule has 1 unspecified atom stereocenters. The smallest absolute Gasteiger partial charge is 0.416 e. The molecule has 0 bridgehead atoms. The molecule has 0 fully saturated rings. The van der Waals surface area contributed by atoms with Crippen molar-refractivity contribution in [2.45, 2.75) is 18.1 Å². The minimum absolute atomic E-state index is 0.0295. The van der Waals surface area contributed by atoms with Gasteiger partial charge in [-0.2, -0.15) is 13.2 Å². The first-order valence-corrected chi connectivity index (χ1v) is 8.83. The molecule has 1 amide bonds. The Morgan fingerprint density at radius 3 is 1.71 bits per heavy atom. The third-order valence-corrected chi connectivity index (χ3v) is 3.97. The van der Waals surface area contributed by atoms with Crippen LogP contribution in [0.3, 0.4) is 0 Å². The van der Waals surface area contributed by atoms with Gasteiger partial charge in [0.25, 0.3) is 0 Å². The zero-order chi connectivity index (χ0) is 23.5. The van der Waals surface area contributed by atoms with Gasteiger partial charge in [-0.25, -0.2) is 9.59 Å². The van der Waals surface area contributed by atoms with E-state index in [0.717, 1.165) is 0 Å². The van der Waals surface area contributed by atoms with Crippen LogP contribution in [0.15, 0.2) is 72.8 Å². The molecule has 1 atom stereocenters. The van der Waals surface area contributed by atoms with Crippen LogP contribution < -0.4 is 11.1 Å². The third-order valence-electron chi connectivity index (χ3n) is 3.97. The Labute approximate surface area is 176 Å². The Bertz CT molecular complexity index is 886. The minimum atomic E-state index is -4.69. The van der Waals surface area contributed by atoms with Gasteiger partial charge in [0, 0.05) is 18.6 Å². The number of aliphatic carboxylic acids is 2. The van der Waals surface area contributed by atoms with Crippen molar-refractivity contribution in [3.05, 3.63) is 83.9 Å². The van der Waals surface area contributed by atoms with Gasteiger partial charge in [0.05, 0.1) is 6.54 Å². The average molecular weight is 438 g/mol. The first-order valence-electron chi connectivity index (χ1n) is 8.83. The van der Waals surface area contributed by atoms with Crippen LogP contribution in [0.2, 0.25) is 0 Å². The van der Waals surface area contributed by atoms with Crippen molar-refractivity contribution >= 4 is 17.8 Å². The number of hydrogen-bond acceptors (Lipinski definition) is 4. The molecule has 31 heavy (non-hydrogen) atoms. The maximum absolute atomic E-state index is 14.0. The fourth-order valence-electron chi connectivity index (χ4n) is 2.61. The van der Waals surface area contributed by atoms with E-state index in [9.17, 15) is 27.6 Å². The summed E-state index contributed by atoms with van der Waals surface area (Å²) in [5, 5.41) is 17.7. The molecule has 166 valence electrons. The second kappa shape index (κ2) is 11.5. The molecule has 2 aromatic rings. The summed E-state index contributed by atoms with van der Waals surface area (Å²) in [7, 11) is 0. The number of carbonyl (C=O) groups excluding carboxylic acids is 1. The van der Waals surface area contributed by atoms with Crippen LogP contribution in [0, 0.1) is 0 Å².